The van der Waals surface area contributed by atoms with Crippen molar-refractivity contribution in [1.29, 1.82) is 0 Å². The maximum atomic E-state index is 5.40. The fraction of sp³-hybridized carbons (Fsp3) is 0.350. The van der Waals surface area contributed by atoms with E-state index in [1.165, 1.54) is 5.56 Å². The first-order chi connectivity index (χ1) is 11.8. The number of guanidine groups is 1. The highest BCUT2D eigenvalue weighted by molar-refractivity contribution is 14.0. The molecule has 2 aromatic rings. The lowest BCUT2D eigenvalue weighted by Gasteiger charge is -2.12. The van der Waals surface area contributed by atoms with Gasteiger partial charge >= 0.3 is 0 Å². The number of benzene rings is 2. The second-order valence-corrected chi connectivity index (χ2v) is 6.01. The van der Waals surface area contributed by atoms with Gasteiger partial charge in [-0.2, -0.15) is 0 Å². The number of halogens is 1. The van der Waals surface area contributed by atoms with Crippen LogP contribution >= 0.6 is 24.0 Å². The Bertz CT molecular complexity index is 690. The highest BCUT2D eigenvalue weighted by Crippen LogP contribution is 2.40. The lowest BCUT2D eigenvalue weighted by atomic mass is 10.1. The van der Waals surface area contributed by atoms with Crippen molar-refractivity contribution in [2.45, 2.75) is 31.8 Å². The number of rotatable bonds is 6. The van der Waals surface area contributed by atoms with Crippen LogP contribution < -0.4 is 15.4 Å². The molecular formula is C20H26IN3O. The highest BCUT2D eigenvalue weighted by atomic mass is 127. The maximum Gasteiger partial charge on any atom is 0.191 e. The number of nitrogens with zero attached hydrogens (tertiary/aromatic N) is 1. The maximum absolute atomic E-state index is 5.40. The van der Waals surface area contributed by atoms with Crippen molar-refractivity contribution in [3.8, 4) is 5.75 Å². The Balaban J connectivity index is 0.00000225. The van der Waals surface area contributed by atoms with Crippen LogP contribution in [0.5, 0.6) is 5.75 Å². The van der Waals surface area contributed by atoms with Gasteiger partial charge in [-0.1, -0.05) is 48.5 Å². The minimum absolute atomic E-state index is 0. The van der Waals surface area contributed by atoms with Crippen molar-refractivity contribution < 1.29 is 4.74 Å². The number of methoxy groups -OCH3 is 1. The zero-order valence-corrected chi connectivity index (χ0v) is 17.1. The van der Waals surface area contributed by atoms with Gasteiger partial charge in [0.25, 0.3) is 0 Å². The van der Waals surface area contributed by atoms with Gasteiger partial charge in [0, 0.05) is 24.1 Å². The molecule has 2 atom stereocenters. The summed E-state index contributed by atoms with van der Waals surface area (Å²) < 4.78 is 5.40. The van der Waals surface area contributed by atoms with Gasteiger partial charge in [-0.15, -0.1) is 24.0 Å². The van der Waals surface area contributed by atoms with Crippen molar-refractivity contribution in [3.63, 3.8) is 0 Å². The normalized spacial score (nSPS) is 18.9. The Morgan fingerprint density at radius 1 is 1.12 bits per heavy atom. The molecule has 2 aromatic carbocycles. The summed E-state index contributed by atoms with van der Waals surface area (Å²) in [7, 11) is 1.70. The number of aliphatic imine (C=N–C) groups is 1. The first kappa shape index (κ1) is 19.6. The standard InChI is InChI=1S/C20H25N3O.HI/c1-3-21-20(22-14-16-11-7-8-12-19(16)24-2)23-18-13-17(18)15-9-5-4-6-10-15;/h4-12,17-18H,3,13-14H2,1-2H3,(H2,21,22,23);1H. The Morgan fingerprint density at radius 2 is 1.84 bits per heavy atom. The third kappa shape index (κ3) is 5.36. The van der Waals surface area contributed by atoms with Crippen LogP contribution in [0.3, 0.4) is 0 Å². The lowest BCUT2D eigenvalue weighted by molar-refractivity contribution is 0.410. The van der Waals surface area contributed by atoms with Crippen molar-refractivity contribution in [2.24, 2.45) is 4.99 Å². The van der Waals surface area contributed by atoms with E-state index < -0.39 is 0 Å². The van der Waals surface area contributed by atoms with E-state index >= 15 is 0 Å². The summed E-state index contributed by atoms with van der Waals surface area (Å²) in [5.41, 5.74) is 2.49. The van der Waals surface area contributed by atoms with Crippen LogP contribution in [-0.2, 0) is 6.54 Å². The van der Waals surface area contributed by atoms with Crippen LogP contribution in [0.25, 0.3) is 0 Å². The molecule has 134 valence electrons. The zero-order valence-electron chi connectivity index (χ0n) is 14.7. The van der Waals surface area contributed by atoms with Crippen LogP contribution in [0, 0.1) is 0 Å². The molecule has 1 aliphatic carbocycles. The molecule has 2 N–H and O–H groups in total. The summed E-state index contributed by atoms with van der Waals surface area (Å²) in [5, 5.41) is 6.88. The first-order valence-corrected chi connectivity index (χ1v) is 8.53. The van der Waals surface area contributed by atoms with Gasteiger partial charge in [0.15, 0.2) is 5.96 Å². The molecule has 1 saturated carbocycles. The first-order valence-electron chi connectivity index (χ1n) is 8.53. The number of ether oxygens (including phenoxy) is 1. The number of hydrogen-bond donors (Lipinski definition) is 2. The summed E-state index contributed by atoms with van der Waals surface area (Å²) in [6, 6.07) is 19.1. The summed E-state index contributed by atoms with van der Waals surface area (Å²) in [6.45, 7) is 3.53. The zero-order chi connectivity index (χ0) is 16.8. The van der Waals surface area contributed by atoms with Gasteiger partial charge in [0.2, 0.25) is 0 Å². The molecule has 5 heteroatoms. The van der Waals surface area contributed by atoms with E-state index in [2.05, 4.69) is 54.0 Å². The second-order valence-electron chi connectivity index (χ2n) is 6.01. The van der Waals surface area contributed by atoms with Crippen molar-refractivity contribution >= 4 is 29.9 Å². The Morgan fingerprint density at radius 3 is 2.56 bits per heavy atom. The van der Waals surface area contributed by atoms with E-state index in [4.69, 9.17) is 9.73 Å². The average molecular weight is 451 g/mol. The van der Waals surface area contributed by atoms with Crippen LogP contribution in [0.4, 0.5) is 0 Å². The van der Waals surface area contributed by atoms with Crippen molar-refractivity contribution in [1.82, 2.24) is 10.6 Å². The summed E-state index contributed by atoms with van der Waals surface area (Å²) >= 11 is 0. The van der Waals surface area contributed by atoms with Crippen molar-refractivity contribution in [3.05, 3.63) is 65.7 Å². The smallest absolute Gasteiger partial charge is 0.191 e. The van der Waals surface area contributed by atoms with E-state index in [-0.39, 0.29) is 24.0 Å². The van der Waals surface area contributed by atoms with Gasteiger partial charge in [0.1, 0.15) is 5.75 Å². The van der Waals surface area contributed by atoms with Gasteiger partial charge in [0.05, 0.1) is 13.7 Å². The molecule has 0 amide bonds. The third-order valence-corrected chi connectivity index (χ3v) is 4.28. The predicted octanol–water partition coefficient (Wildman–Crippen LogP) is 3.92. The lowest BCUT2D eigenvalue weighted by Crippen LogP contribution is -2.39. The molecule has 0 radical (unpaired) electrons. The van der Waals surface area contributed by atoms with Crippen LogP contribution in [0.15, 0.2) is 59.6 Å². The van der Waals surface area contributed by atoms with E-state index in [1.54, 1.807) is 7.11 Å². The molecule has 3 rings (SSSR count). The Labute approximate surface area is 167 Å². The molecule has 0 aliphatic heterocycles. The van der Waals surface area contributed by atoms with Crippen LogP contribution in [0.1, 0.15) is 30.4 Å². The minimum Gasteiger partial charge on any atom is -0.496 e. The fourth-order valence-electron chi connectivity index (χ4n) is 2.92. The minimum atomic E-state index is 0. The van der Waals surface area contributed by atoms with Gasteiger partial charge in [-0.3, -0.25) is 0 Å². The van der Waals surface area contributed by atoms with Crippen molar-refractivity contribution in [2.75, 3.05) is 13.7 Å². The van der Waals surface area contributed by atoms with E-state index in [0.717, 1.165) is 30.2 Å². The summed E-state index contributed by atoms with van der Waals surface area (Å²) in [6.07, 6.45) is 1.16. The van der Waals surface area contributed by atoms with Crippen LogP contribution in [-0.4, -0.2) is 25.7 Å². The van der Waals surface area contributed by atoms with E-state index in [0.29, 0.717) is 18.5 Å². The molecule has 2 unspecified atom stereocenters. The van der Waals surface area contributed by atoms with Crippen LogP contribution in [0.2, 0.25) is 0 Å². The van der Waals surface area contributed by atoms with E-state index in [9.17, 15) is 0 Å². The highest BCUT2D eigenvalue weighted by Gasteiger charge is 2.38. The summed E-state index contributed by atoms with van der Waals surface area (Å²) in [4.78, 5) is 4.72. The molecule has 1 aliphatic rings. The monoisotopic (exact) mass is 451 g/mol. The Hall–Kier alpha value is -1.76. The van der Waals surface area contributed by atoms with Gasteiger partial charge in [-0.05, 0) is 25.0 Å². The molecule has 1 fully saturated rings. The number of hydrogen-bond acceptors (Lipinski definition) is 2. The topological polar surface area (TPSA) is 45.7 Å². The van der Waals surface area contributed by atoms with Gasteiger partial charge < -0.3 is 15.4 Å². The molecule has 0 saturated heterocycles. The predicted molar refractivity (Wildman–Crippen MR) is 114 cm³/mol. The fourth-order valence-corrected chi connectivity index (χ4v) is 2.92. The number of nitrogens with one attached hydrogen (secondary N) is 2. The third-order valence-electron chi connectivity index (χ3n) is 4.28. The second kappa shape index (κ2) is 9.65. The SMILES string of the molecule is CCNC(=NCc1ccccc1OC)NC1CC1c1ccccc1.I. The average Bonchev–Trinajstić information content (AvgIpc) is 3.40. The van der Waals surface area contributed by atoms with Gasteiger partial charge in [-0.25, -0.2) is 4.99 Å². The molecule has 0 spiro atoms. The quantitative estimate of drug-likeness (QED) is 0.398. The summed E-state index contributed by atoms with van der Waals surface area (Å²) in [5.74, 6) is 2.33. The van der Waals surface area contributed by atoms with E-state index in [1.807, 2.05) is 18.2 Å². The molecular weight excluding hydrogens is 425 g/mol. The Kier molecular flexibility index (Phi) is 7.55. The largest absolute Gasteiger partial charge is 0.496 e. The molecule has 0 heterocycles. The molecule has 4 nitrogen and oxygen atoms in total. The number of para-hydroxylation sites is 1. The molecule has 25 heavy (non-hydrogen) atoms. The molecule has 0 aromatic heterocycles. The molecule has 0 bridgehead atoms.